The molecule has 0 bridgehead atoms. The molecule has 0 heterocycles. The maximum Gasteiger partial charge on any atom is 0.306 e. The minimum Gasteiger partial charge on any atom is -0.544 e. The Morgan fingerprint density at radius 3 is 1.36 bits per heavy atom. The molecule has 2 unspecified atom stereocenters. The van der Waals surface area contributed by atoms with E-state index in [2.05, 4.69) is 62.5 Å². The Kier molecular flexibility index (Phi) is 40.1. The third-order valence-electron chi connectivity index (χ3n) is 10.7. The Hall–Kier alpha value is -2.71. The molecule has 0 saturated carbocycles. The van der Waals surface area contributed by atoms with E-state index in [0.717, 1.165) is 70.6 Å². The summed E-state index contributed by atoms with van der Waals surface area (Å²) in [5.41, 5.74) is 0. The van der Waals surface area contributed by atoms with E-state index in [0.29, 0.717) is 12.8 Å². The van der Waals surface area contributed by atoms with Crippen LogP contribution in [0.25, 0.3) is 0 Å². The van der Waals surface area contributed by atoms with Crippen LogP contribution in [0.2, 0.25) is 0 Å². The molecule has 0 aliphatic rings. The summed E-state index contributed by atoms with van der Waals surface area (Å²) in [5.74, 6) is -1.76. The number of rotatable bonds is 43. The molecule has 0 aromatic heterocycles. The highest BCUT2D eigenvalue weighted by molar-refractivity contribution is 5.70. The number of carboxylic acids is 1. The zero-order valence-electron chi connectivity index (χ0n) is 38.9. The second kappa shape index (κ2) is 42.0. The molecule has 0 N–H and O–H groups in total. The summed E-state index contributed by atoms with van der Waals surface area (Å²) >= 11 is 0. The van der Waals surface area contributed by atoms with Crippen molar-refractivity contribution in [3.63, 3.8) is 0 Å². The molecule has 2 atom stereocenters. The van der Waals surface area contributed by atoms with E-state index in [1.807, 2.05) is 0 Å². The number of quaternary nitrogens is 1. The van der Waals surface area contributed by atoms with Crippen molar-refractivity contribution in [3.05, 3.63) is 48.6 Å². The van der Waals surface area contributed by atoms with Crippen LogP contribution in [0.1, 0.15) is 206 Å². The van der Waals surface area contributed by atoms with Crippen LogP contribution >= 0.6 is 0 Å². The summed E-state index contributed by atoms with van der Waals surface area (Å²) in [6, 6.07) is -0.729. The lowest BCUT2D eigenvalue weighted by Crippen LogP contribution is -2.55. The summed E-state index contributed by atoms with van der Waals surface area (Å²) in [4.78, 5) is 36.9. The Bertz CT molecular complexity index is 1110. The maximum absolute atomic E-state index is 12.8. The highest BCUT2D eigenvalue weighted by atomic mass is 16.6. The quantitative estimate of drug-likeness (QED) is 0.0261. The van der Waals surface area contributed by atoms with Gasteiger partial charge in [0.25, 0.3) is 0 Å². The highest BCUT2D eigenvalue weighted by Crippen LogP contribution is 2.14. The molecule has 0 amide bonds. The molecule has 59 heavy (non-hydrogen) atoms. The fraction of sp³-hybridized carbons (Fsp3) is 0.784. The highest BCUT2D eigenvalue weighted by Gasteiger charge is 2.25. The van der Waals surface area contributed by atoms with Gasteiger partial charge < -0.3 is 28.6 Å². The van der Waals surface area contributed by atoms with Crippen LogP contribution in [0.4, 0.5) is 0 Å². The normalized spacial score (nSPS) is 13.3. The van der Waals surface area contributed by atoms with E-state index >= 15 is 0 Å². The van der Waals surface area contributed by atoms with Crippen LogP contribution in [0.5, 0.6) is 0 Å². The molecule has 0 aromatic rings. The van der Waals surface area contributed by atoms with E-state index in [4.69, 9.17) is 14.2 Å². The number of ether oxygens (including phenoxy) is 3. The van der Waals surface area contributed by atoms with Crippen molar-refractivity contribution in [1.29, 1.82) is 0 Å². The number of carbonyl (C=O) groups is 3. The number of carboxylic acid groups (broad SMARTS) is 1. The lowest BCUT2D eigenvalue weighted by molar-refractivity contribution is -0.889. The number of hydrogen-bond donors (Lipinski definition) is 0. The SMILES string of the molecule is CCCC/C=C\C/C=C\CCCCCCCC(=O)OCC(COCCC(C(=O)[O-])[N+](C)(C)C)OC(=O)CCCCCCCCCCC/C=C\C/C=C\CCCCCCC. The van der Waals surface area contributed by atoms with Crippen LogP contribution < -0.4 is 5.11 Å². The number of nitrogens with zero attached hydrogens (tertiary/aromatic N) is 1. The average molecular weight is 830 g/mol. The molecule has 0 aliphatic carbocycles. The smallest absolute Gasteiger partial charge is 0.306 e. The van der Waals surface area contributed by atoms with Crippen molar-refractivity contribution < 1.29 is 38.2 Å². The molecule has 0 saturated heterocycles. The summed E-state index contributed by atoms with van der Waals surface area (Å²) in [7, 11) is 5.40. The molecule has 342 valence electrons. The molecule has 0 fully saturated rings. The van der Waals surface area contributed by atoms with Crippen molar-refractivity contribution in [2.24, 2.45) is 0 Å². The van der Waals surface area contributed by atoms with Crippen molar-refractivity contribution in [3.8, 4) is 0 Å². The van der Waals surface area contributed by atoms with Crippen LogP contribution in [-0.4, -0.2) is 75.5 Å². The summed E-state index contributed by atoms with van der Waals surface area (Å²) in [6.45, 7) is 4.60. The van der Waals surface area contributed by atoms with Crippen molar-refractivity contribution in [1.82, 2.24) is 0 Å². The first-order valence-corrected chi connectivity index (χ1v) is 24.2. The topological polar surface area (TPSA) is 102 Å². The van der Waals surface area contributed by atoms with Gasteiger partial charge in [-0.25, -0.2) is 0 Å². The van der Waals surface area contributed by atoms with Gasteiger partial charge in [-0.3, -0.25) is 9.59 Å². The molecule has 8 nitrogen and oxygen atoms in total. The van der Waals surface area contributed by atoms with E-state index < -0.39 is 18.1 Å². The molecular weight excluding hydrogens is 739 g/mol. The third kappa shape index (κ3) is 40.5. The standard InChI is InChI=1S/C51H91NO7/c1-6-8-10-12-14-16-18-20-22-23-24-25-26-27-28-30-32-34-36-38-40-42-50(54)59-47(45-57-44-43-48(51(55)56)52(3,4)5)46-58-49(53)41-39-37-35-33-31-29-21-19-17-15-13-11-9-7-2/h13,15,18-21,23-24,47-48H,6-12,14,16-17,22,25-46H2,1-5H3/b15-13-,20-18-,21-19-,24-23-. The number of unbranched alkanes of at least 4 members (excludes halogenated alkanes) is 21. The van der Waals surface area contributed by atoms with Gasteiger partial charge in [-0.15, -0.1) is 0 Å². The van der Waals surface area contributed by atoms with Gasteiger partial charge in [0.2, 0.25) is 0 Å². The largest absolute Gasteiger partial charge is 0.544 e. The van der Waals surface area contributed by atoms with Gasteiger partial charge in [-0.2, -0.15) is 0 Å². The lowest BCUT2D eigenvalue weighted by Gasteiger charge is -2.34. The number of allylic oxidation sites excluding steroid dienone is 8. The van der Waals surface area contributed by atoms with Crippen molar-refractivity contribution in [2.45, 2.75) is 219 Å². The number of esters is 2. The second-order valence-corrected chi connectivity index (χ2v) is 17.3. The molecule has 0 aromatic carbocycles. The fourth-order valence-electron chi connectivity index (χ4n) is 6.88. The predicted molar refractivity (Wildman–Crippen MR) is 245 cm³/mol. The van der Waals surface area contributed by atoms with Crippen LogP contribution in [0.15, 0.2) is 48.6 Å². The fourth-order valence-corrected chi connectivity index (χ4v) is 6.88. The van der Waals surface area contributed by atoms with E-state index in [-0.39, 0.29) is 42.7 Å². The van der Waals surface area contributed by atoms with Gasteiger partial charge in [0, 0.05) is 19.3 Å². The molecule has 0 rings (SSSR count). The van der Waals surface area contributed by atoms with Crippen LogP contribution in [0, 0.1) is 0 Å². The molecule has 0 aliphatic heterocycles. The summed E-state index contributed by atoms with van der Waals surface area (Å²) in [5, 5.41) is 11.6. The zero-order valence-corrected chi connectivity index (χ0v) is 38.9. The van der Waals surface area contributed by atoms with Gasteiger partial charge in [0.05, 0.1) is 40.3 Å². The van der Waals surface area contributed by atoms with E-state index in [9.17, 15) is 19.5 Å². The first kappa shape index (κ1) is 56.3. The third-order valence-corrected chi connectivity index (χ3v) is 10.7. The van der Waals surface area contributed by atoms with Crippen molar-refractivity contribution >= 4 is 17.9 Å². The Balaban J connectivity index is 4.29. The number of carbonyl (C=O) groups excluding carboxylic acids is 3. The van der Waals surface area contributed by atoms with Gasteiger partial charge >= 0.3 is 11.9 Å². The lowest BCUT2D eigenvalue weighted by atomic mass is 10.1. The number of aliphatic carboxylic acids is 1. The molecule has 0 spiro atoms. The van der Waals surface area contributed by atoms with Gasteiger partial charge in [-0.05, 0) is 70.6 Å². The van der Waals surface area contributed by atoms with Gasteiger partial charge in [0.1, 0.15) is 12.6 Å². The second-order valence-electron chi connectivity index (χ2n) is 17.3. The minimum absolute atomic E-state index is 0.0342. The first-order valence-electron chi connectivity index (χ1n) is 24.2. The summed E-state index contributed by atoms with van der Waals surface area (Å²) in [6.07, 6.45) is 49.9. The van der Waals surface area contributed by atoms with Gasteiger partial charge in [0.15, 0.2) is 6.10 Å². The maximum atomic E-state index is 12.8. The monoisotopic (exact) mass is 830 g/mol. The zero-order chi connectivity index (χ0) is 43.5. The first-order chi connectivity index (χ1) is 28.6. The molecule has 8 heteroatoms. The Morgan fingerprint density at radius 1 is 0.508 bits per heavy atom. The van der Waals surface area contributed by atoms with E-state index in [1.165, 1.54) is 103 Å². The van der Waals surface area contributed by atoms with Gasteiger partial charge in [-0.1, -0.05) is 165 Å². The summed E-state index contributed by atoms with van der Waals surface area (Å²) < 4.78 is 17.2. The van der Waals surface area contributed by atoms with Crippen LogP contribution in [-0.2, 0) is 28.6 Å². The predicted octanol–water partition coefficient (Wildman–Crippen LogP) is 12.3. The average Bonchev–Trinajstić information content (AvgIpc) is 3.19. The van der Waals surface area contributed by atoms with E-state index in [1.54, 1.807) is 21.1 Å². The van der Waals surface area contributed by atoms with Crippen molar-refractivity contribution in [2.75, 3.05) is 41.0 Å². The number of hydrogen-bond acceptors (Lipinski definition) is 7. The van der Waals surface area contributed by atoms with Crippen LogP contribution in [0.3, 0.4) is 0 Å². The Labute approximate surface area is 363 Å². The minimum atomic E-state index is -1.13. The molecular formula is C51H91NO7. The number of likely N-dealkylation sites (N-methyl/N-ethyl adjacent to an activating group) is 1. The Morgan fingerprint density at radius 2 is 0.915 bits per heavy atom. The molecule has 0 radical (unpaired) electrons.